The number of rotatable bonds is 11. The molecular weight excluding hydrogens is 436 g/mol. The normalized spacial score (nSPS) is 14.5. The quantitative estimate of drug-likeness (QED) is 0.291. The van der Waals surface area contributed by atoms with Crippen molar-refractivity contribution in [1.82, 2.24) is 9.80 Å². The van der Waals surface area contributed by atoms with Crippen molar-refractivity contribution in [1.29, 1.82) is 0 Å². The first-order chi connectivity index (χ1) is 16.5. The molecule has 3 rings (SSSR count). The number of ether oxygens (including phenoxy) is 3. The first-order valence-corrected chi connectivity index (χ1v) is 11.5. The lowest BCUT2D eigenvalue weighted by Gasteiger charge is -2.34. The minimum Gasteiger partial charge on any atom is -0.465 e. The van der Waals surface area contributed by atoms with E-state index in [2.05, 4.69) is 27.2 Å². The number of nitrogen functional groups attached to an aromatic ring is 1. The van der Waals surface area contributed by atoms with Crippen LogP contribution in [0, 0.1) is 0 Å². The Kier molecular flexibility index (Phi) is 9.69. The second kappa shape index (κ2) is 12.9. The molecule has 0 amide bonds. The molecule has 0 bridgehead atoms. The predicted molar refractivity (Wildman–Crippen MR) is 131 cm³/mol. The molecule has 0 saturated carbocycles. The molecule has 3 N–H and O–H groups in total. The van der Waals surface area contributed by atoms with Crippen LogP contribution in [0.25, 0.3) is 0 Å². The standard InChI is InChI=1S/C25H34N4O5/c1-3-33-24(30)18-29-11-9-28(10-12-29)17-19-5-4-6-21(15-19)27-23-8-7-20(16-22(23)26)25(31)34-14-13-32-2/h4-8,15-16,27H,3,9-14,17-18,26H2,1-2H3. The average Bonchev–Trinajstić information content (AvgIpc) is 2.82. The minimum absolute atomic E-state index is 0.162. The second-order valence-electron chi connectivity index (χ2n) is 8.11. The zero-order valence-electron chi connectivity index (χ0n) is 19.9. The van der Waals surface area contributed by atoms with Gasteiger partial charge in [-0.25, -0.2) is 4.79 Å². The molecule has 2 aromatic carbocycles. The van der Waals surface area contributed by atoms with Gasteiger partial charge in [-0.1, -0.05) is 12.1 Å². The zero-order chi connectivity index (χ0) is 24.3. The molecule has 184 valence electrons. The van der Waals surface area contributed by atoms with E-state index >= 15 is 0 Å². The molecule has 1 saturated heterocycles. The average molecular weight is 471 g/mol. The highest BCUT2D eigenvalue weighted by molar-refractivity contribution is 5.92. The predicted octanol–water partition coefficient (Wildman–Crippen LogP) is 2.50. The van der Waals surface area contributed by atoms with Crippen molar-refractivity contribution in [2.75, 3.05) is 70.7 Å². The summed E-state index contributed by atoms with van der Waals surface area (Å²) in [5.74, 6) is -0.593. The van der Waals surface area contributed by atoms with Crippen LogP contribution in [0.2, 0.25) is 0 Å². The summed E-state index contributed by atoms with van der Waals surface area (Å²) in [4.78, 5) is 28.3. The molecule has 0 unspecified atom stereocenters. The van der Waals surface area contributed by atoms with E-state index in [-0.39, 0.29) is 12.6 Å². The van der Waals surface area contributed by atoms with Crippen LogP contribution in [0.4, 0.5) is 17.1 Å². The number of nitrogens with one attached hydrogen (secondary N) is 1. The molecule has 9 heteroatoms. The van der Waals surface area contributed by atoms with E-state index < -0.39 is 5.97 Å². The second-order valence-corrected chi connectivity index (χ2v) is 8.11. The first kappa shape index (κ1) is 25.5. The van der Waals surface area contributed by atoms with Gasteiger partial charge in [0.05, 0.1) is 36.7 Å². The number of hydrogen-bond donors (Lipinski definition) is 2. The summed E-state index contributed by atoms with van der Waals surface area (Å²) in [5, 5.41) is 3.33. The van der Waals surface area contributed by atoms with Crippen LogP contribution in [0.5, 0.6) is 0 Å². The van der Waals surface area contributed by atoms with Gasteiger partial charge in [0.25, 0.3) is 0 Å². The van der Waals surface area contributed by atoms with Gasteiger partial charge >= 0.3 is 11.9 Å². The van der Waals surface area contributed by atoms with Crippen LogP contribution in [0.1, 0.15) is 22.8 Å². The lowest BCUT2D eigenvalue weighted by atomic mass is 10.1. The maximum Gasteiger partial charge on any atom is 0.338 e. The van der Waals surface area contributed by atoms with Crippen molar-refractivity contribution in [3.8, 4) is 0 Å². The summed E-state index contributed by atoms with van der Waals surface area (Å²) >= 11 is 0. The maximum atomic E-state index is 12.1. The van der Waals surface area contributed by atoms with Gasteiger partial charge in [0.1, 0.15) is 6.61 Å². The van der Waals surface area contributed by atoms with Gasteiger partial charge in [0.2, 0.25) is 0 Å². The molecule has 0 aromatic heterocycles. The van der Waals surface area contributed by atoms with Crippen molar-refractivity contribution < 1.29 is 23.8 Å². The SMILES string of the molecule is CCOC(=O)CN1CCN(Cc2cccc(Nc3ccc(C(=O)OCCOC)cc3N)c2)CC1. The molecule has 1 fully saturated rings. The van der Waals surface area contributed by atoms with Gasteiger partial charge in [-0.3, -0.25) is 14.6 Å². The summed E-state index contributed by atoms with van der Waals surface area (Å²) in [6.45, 7) is 7.43. The number of nitrogens with zero attached hydrogens (tertiary/aromatic N) is 2. The summed E-state index contributed by atoms with van der Waals surface area (Å²) in [5.41, 5.74) is 9.85. The van der Waals surface area contributed by atoms with E-state index in [0.29, 0.717) is 31.0 Å². The van der Waals surface area contributed by atoms with E-state index in [9.17, 15) is 9.59 Å². The van der Waals surface area contributed by atoms with Crippen LogP contribution in [-0.4, -0.2) is 81.4 Å². The van der Waals surface area contributed by atoms with Gasteiger partial charge < -0.3 is 25.3 Å². The van der Waals surface area contributed by atoms with Crippen LogP contribution < -0.4 is 11.1 Å². The number of anilines is 3. The Hall–Kier alpha value is -3.14. The molecule has 0 aliphatic carbocycles. The van der Waals surface area contributed by atoms with Crippen molar-refractivity contribution in [3.05, 3.63) is 53.6 Å². The first-order valence-electron chi connectivity index (χ1n) is 11.5. The monoisotopic (exact) mass is 470 g/mol. The van der Waals surface area contributed by atoms with Gasteiger partial charge in [-0.15, -0.1) is 0 Å². The molecule has 0 spiro atoms. The molecule has 9 nitrogen and oxygen atoms in total. The van der Waals surface area contributed by atoms with E-state index in [1.54, 1.807) is 25.3 Å². The Morgan fingerprint density at radius 1 is 1.00 bits per heavy atom. The molecule has 1 aliphatic rings. The largest absolute Gasteiger partial charge is 0.465 e. The fourth-order valence-corrected chi connectivity index (χ4v) is 3.76. The Bertz CT molecular complexity index is 960. The number of methoxy groups -OCH3 is 1. The Morgan fingerprint density at radius 2 is 1.76 bits per heavy atom. The molecule has 1 heterocycles. The van der Waals surface area contributed by atoms with Crippen LogP contribution >= 0.6 is 0 Å². The van der Waals surface area contributed by atoms with Gasteiger partial charge in [-0.05, 0) is 42.8 Å². The number of hydrogen-bond acceptors (Lipinski definition) is 9. The van der Waals surface area contributed by atoms with Gasteiger partial charge in [0, 0.05) is 45.5 Å². The van der Waals surface area contributed by atoms with Gasteiger partial charge in [-0.2, -0.15) is 0 Å². The lowest BCUT2D eigenvalue weighted by Crippen LogP contribution is -2.47. The third-order valence-corrected chi connectivity index (χ3v) is 5.54. The highest BCUT2D eigenvalue weighted by Crippen LogP contribution is 2.25. The van der Waals surface area contributed by atoms with Crippen LogP contribution in [0.15, 0.2) is 42.5 Å². The zero-order valence-corrected chi connectivity index (χ0v) is 19.9. The molecule has 0 atom stereocenters. The van der Waals surface area contributed by atoms with Crippen LogP contribution in [-0.2, 0) is 25.5 Å². The van der Waals surface area contributed by atoms with Gasteiger partial charge in [0.15, 0.2) is 0 Å². The van der Waals surface area contributed by atoms with Crippen molar-refractivity contribution in [3.63, 3.8) is 0 Å². The highest BCUT2D eigenvalue weighted by atomic mass is 16.6. The number of carbonyl (C=O) groups excluding carboxylic acids is 2. The fraction of sp³-hybridized carbons (Fsp3) is 0.440. The third kappa shape index (κ3) is 7.72. The van der Waals surface area contributed by atoms with E-state index in [0.717, 1.165) is 44.1 Å². The van der Waals surface area contributed by atoms with Crippen molar-refractivity contribution in [2.45, 2.75) is 13.5 Å². The van der Waals surface area contributed by atoms with Crippen LogP contribution in [0.3, 0.4) is 0 Å². The molecule has 2 aromatic rings. The summed E-state index contributed by atoms with van der Waals surface area (Å²) in [6, 6.07) is 13.2. The Balaban J connectivity index is 1.53. The summed E-state index contributed by atoms with van der Waals surface area (Å²) in [6.07, 6.45) is 0. The fourth-order valence-electron chi connectivity index (χ4n) is 3.76. The Morgan fingerprint density at radius 3 is 2.47 bits per heavy atom. The number of benzene rings is 2. The highest BCUT2D eigenvalue weighted by Gasteiger charge is 2.19. The third-order valence-electron chi connectivity index (χ3n) is 5.54. The number of nitrogens with two attached hydrogens (primary N) is 1. The smallest absolute Gasteiger partial charge is 0.338 e. The molecule has 34 heavy (non-hydrogen) atoms. The molecule has 0 radical (unpaired) electrons. The van der Waals surface area contributed by atoms with E-state index in [1.165, 1.54) is 5.56 Å². The lowest BCUT2D eigenvalue weighted by molar-refractivity contribution is -0.144. The summed E-state index contributed by atoms with van der Waals surface area (Å²) < 4.78 is 15.1. The molecular formula is C25H34N4O5. The number of esters is 2. The van der Waals surface area contributed by atoms with E-state index in [1.807, 2.05) is 19.1 Å². The van der Waals surface area contributed by atoms with Crippen molar-refractivity contribution >= 4 is 29.0 Å². The minimum atomic E-state index is -0.431. The number of piperazine rings is 1. The Labute approximate surface area is 200 Å². The molecule has 1 aliphatic heterocycles. The maximum absolute atomic E-state index is 12.1. The topological polar surface area (TPSA) is 106 Å². The van der Waals surface area contributed by atoms with E-state index in [4.69, 9.17) is 19.9 Å². The summed E-state index contributed by atoms with van der Waals surface area (Å²) in [7, 11) is 1.55. The van der Waals surface area contributed by atoms with Crippen molar-refractivity contribution in [2.24, 2.45) is 0 Å². The number of carbonyl (C=O) groups is 2.